The first-order valence-corrected chi connectivity index (χ1v) is 7.95. The smallest absolute Gasteiger partial charge is 0.187 e. The summed E-state index contributed by atoms with van der Waals surface area (Å²) >= 11 is 0. The van der Waals surface area contributed by atoms with E-state index in [0.29, 0.717) is 0 Å². The van der Waals surface area contributed by atoms with E-state index in [1.807, 2.05) is 0 Å². The van der Waals surface area contributed by atoms with Gasteiger partial charge in [-0.2, -0.15) is 0 Å². The normalized spacial score (nSPS) is 31.4. The number of hydrogen-bond donors (Lipinski definition) is 7. The van der Waals surface area contributed by atoms with Crippen LogP contribution in [-0.4, -0.2) is 92.9 Å². The molecule has 1 aliphatic rings. The Hall–Kier alpha value is -1.50. The summed E-state index contributed by atoms with van der Waals surface area (Å²) in [5.41, 5.74) is 0.290. The molecule has 1 heterocycles. The highest BCUT2D eigenvalue weighted by atomic mass is 16.7. The largest absolute Gasteiger partial charge is 0.504 e. The molecule has 0 amide bonds. The summed E-state index contributed by atoms with van der Waals surface area (Å²) in [4.78, 5) is 0. The Balaban J connectivity index is 2.28. The van der Waals surface area contributed by atoms with Crippen molar-refractivity contribution in [1.29, 1.82) is 0 Å². The highest BCUT2D eigenvalue weighted by Crippen LogP contribution is 2.34. The maximum Gasteiger partial charge on any atom is 0.187 e. The van der Waals surface area contributed by atoms with Gasteiger partial charge in [-0.05, 0) is 17.7 Å². The number of aliphatic hydroxyl groups is 6. The molecule has 0 aliphatic carbocycles. The molecule has 7 N–H and O–H groups in total. The van der Waals surface area contributed by atoms with Crippen molar-refractivity contribution in [3.05, 3.63) is 23.8 Å². The first-order valence-electron chi connectivity index (χ1n) is 7.95. The molecular formula is C16H24O10. The van der Waals surface area contributed by atoms with Crippen LogP contribution in [-0.2, 0) is 9.47 Å². The van der Waals surface area contributed by atoms with Crippen molar-refractivity contribution >= 4 is 0 Å². The van der Waals surface area contributed by atoms with E-state index in [2.05, 4.69) is 0 Å². The lowest BCUT2D eigenvalue weighted by molar-refractivity contribution is -0.319. The Bertz CT molecular complexity index is 580. The van der Waals surface area contributed by atoms with Gasteiger partial charge in [0.1, 0.15) is 36.6 Å². The van der Waals surface area contributed by atoms with E-state index in [1.54, 1.807) is 0 Å². The minimum absolute atomic E-state index is 0.0926. The molecule has 10 nitrogen and oxygen atoms in total. The molecule has 0 saturated carbocycles. The molecule has 26 heavy (non-hydrogen) atoms. The van der Waals surface area contributed by atoms with Gasteiger partial charge in [-0.3, -0.25) is 0 Å². The van der Waals surface area contributed by atoms with Gasteiger partial charge in [0.05, 0.1) is 20.3 Å². The van der Waals surface area contributed by atoms with Crippen molar-refractivity contribution in [3.63, 3.8) is 0 Å². The Labute approximate surface area is 149 Å². The van der Waals surface area contributed by atoms with Crippen LogP contribution < -0.4 is 4.74 Å². The quantitative estimate of drug-likeness (QED) is 0.272. The van der Waals surface area contributed by atoms with Gasteiger partial charge in [-0.15, -0.1) is 0 Å². The molecule has 7 atom stereocenters. The zero-order valence-electron chi connectivity index (χ0n) is 14.0. The van der Waals surface area contributed by atoms with Gasteiger partial charge in [0.2, 0.25) is 0 Å². The number of rotatable bonds is 7. The van der Waals surface area contributed by atoms with Crippen LogP contribution in [0.4, 0.5) is 0 Å². The van der Waals surface area contributed by atoms with Gasteiger partial charge < -0.3 is 50.0 Å². The van der Waals surface area contributed by atoms with Crippen LogP contribution in [0.25, 0.3) is 0 Å². The summed E-state index contributed by atoms with van der Waals surface area (Å²) in [6.07, 6.45) is -10.2. The summed E-state index contributed by atoms with van der Waals surface area (Å²) in [6, 6.07) is 4.07. The molecule has 0 unspecified atom stereocenters. The lowest BCUT2D eigenvalue weighted by Crippen LogP contribution is -2.59. The fourth-order valence-corrected chi connectivity index (χ4v) is 2.68. The van der Waals surface area contributed by atoms with Gasteiger partial charge in [0.25, 0.3) is 0 Å². The summed E-state index contributed by atoms with van der Waals surface area (Å²) in [6.45, 7) is -1.32. The standard InChI is InChI=1S/C16H24O10/c1-24-10-4-7(2-3-8(10)19)15(9(20)5-17)26-16-14(23)13(22)12(21)11(6-18)25-16/h2-4,9,11-23H,5-6H2,1H3/t9-,11+,12+,13-,14+,15+,16-/m0/s1. The van der Waals surface area contributed by atoms with E-state index in [4.69, 9.17) is 14.2 Å². The number of ether oxygens (including phenoxy) is 3. The summed E-state index contributed by atoms with van der Waals surface area (Å²) in [5.74, 6) is -0.0589. The SMILES string of the molecule is COc1cc([C@@H](O[C@@H]2O[C@H](CO)[C@@H](O)[C@H](O)[C@H]2O)[C@@H](O)CO)ccc1O. The van der Waals surface area contributed by atoms with E-state index in [1.165, 1.54) is 25.3 Å². The summed E-state index contributed by atoms with van der Waals surface area (Å²) < 4.78 is 15.8. The highest BCUT2D eigenvalue weighted by Gasteiger charge is 2.45. The van der Waals surface area contributed by atoms with E-state index in [9.17, 15) is 35.7 Å². The van der Waals surface area contributed by atoms with Crippen LogP contribution in [0.3, 0.4) is 0 Å². The van der Waals surface area contributed by atoms with Crippen LogP contribution in [0.1, 0.15) is 11.7 Å². The highest BCUT2D eigenvalue weighted by molar-refractivity contribution is 5.42. The minimum atomic E-state index is -1.67. The second-order valence-electron chi connectivity index (χ2n) is 5.94. The molecule has 1 aromatic carbocycles. The van der Waals surface area contributed by atoms with Crippen LogP contribution in [0, 0.1) is 0 Å². The van der Waals surface area contributed by atoms with E-state index in [0.717, 1.165) is 0 Å². The monoisotopic (exact) mass is 376 g/mol. The molecule has 0 radical (unpaired) electrons. The lowest BCUT2D eigenvalue weighted by atomic mass is 9.98. The molecule has 2 rings (SSSR count). The fraction of sp³-hybridized carbons (Fsp3) is 0.625. The topological polar surface area (TPSA) is 169 Å². The molecule has 1 aliphatic heterocycles. The van der Waals surface area contributed by atoms with Crippen LogP contribution in [0.5, 0.6) is 11.5 Å². The molecule has 0 bridgehead atoms. The molecule has 0 spiro atoms. The molecule has 1 fully saturated rings. The molecule has 1 aromatic rings. The number of aromatic hydroxyl groups is 1. The third-order valence-electron chi connectivity index (χ3n) is 4.20. The Kier molecular flexibility index (Phi) is 7.15. The van der Waals surface area contributed by atoms with Crippen LogP contribution in [0.15, 0.2) is 18.2 Å². The van der Waals surface area contributed by atoms with Crippen molar-refractivity contribution in [1.82, 2.24) is 0 Å². The van der Waals surface area contributed by atoms with E-state index in [-0.39, 0.29) is 17.1 Å². The third-order valence-corrected chi connectivity index (χ3v) is 4.20. The summed E-state index contributed by atoms with van der Waals surface area (Å²) in [7, 11) is 1.33. The van der Waals surface area contributed by atoms with Crippen molar-refractivity contribution in [2.24, 2.45) is 0 Å². The molecule has 10 heteroatoms. The van der Waals surface area contributed by atoms with Gasteiger partial charge in [-0.1, -0.05) is 6.07 Å². The maximum absolute atomic E-state index is 10.1. The predicted octanol–water partition coefficient (Wildman–Crippen LogP) is -2.39. The number of benzene rings is 1. The Morgan fingerprint density at radius 3 is 2.38 bits per heavy atom. The summed E-state index contributed by atoms with van der Waals surface area (Å²) in [5, 5.41) is 68.0. The van der Waals surface area contributed by atoms with Gasteiger partial charge in [-0.25, -0.2) is 0 Å². The predicted molar refractivity (Wildman–Crippen MR) is 85.3 cm³/mol. The van der Waals surface area contributed by atoms with Crippen LogP contribution in [0.2, 0.25) is 0 Å². The molecular weight excluding hydrogens is 352 g/mol. The number of aliphatic hydroxyl groups excluding tert-OH is 6. The first-order chi connectivity index (χ1) is 12.3. The van der Waals surface area contributed by atoms with E-state index >= 15 is 0 Å². The van der Waals surface area contributed by atoms with Crippen LogP contribution >= 0.6 is 0 Å². The third kappa shape index (κ3) is 4.24. The second kappa shape index (κ2) is 8.93. The molecule has 0 aromatic heterocycles. The second-order valence-corrected chi connectivity index (χ2v) is 5.94. The van der Waals surface area contributed by atoms with Crippen molar-refractivity contribution in [2.75, 3.05) is 20.3 Å². The number of phenols is 1. The fourth-order valence-electron chi connectivity index (χ4n) is 2.68. The number of hydrogen-bond acceptors (Lipinski definition) is 10. The van der Waals surface area contributed by atoms with E-state index < -0.39 is 56.1 Å². The molecule has 1 saturated heterocycles. The maximum atomic E-state index is 10.1. The van der Waals surface area contributed by atoms with Gasteiger partial charge in [0, 0.05) is 0 Å². The van der Waals surface area contributed by atoms with Crippen molar-refractivity contribution in [2.45, 2.75) is 42.9 Å². The lowest BCUT2D eigenvalue weighted by Gasteiger charge is -2.41. The molecule has 148 valence electrons. The minimum Gasteiger partial charge on any atom is -0.504 e. The number of methoxy groups -OCH3 is 1. The number of phenolic OH excluding ortho intramolecular Hbond substituents is 1. The zero-order chi connectivity index (χ0) is 19.4. The van der Waals surface area contributed by atoms with Gasteiger partial charge in [0.15, 0.2) is 17.8 Å². The van der Waals surface area contributed by atoms with Gasteiger partial charge >= 0.3 is 0 Å². The Morgan fingerprint density at radius 1 is 1.12 bits per heavy atom. The van der Waals surface area contributed by atoms with Crippen molar-refractivity contribution < 1.29 is 50.0 Å². The first kappa shape index (κ1) is 20.8. The van der Waals surface area contributed by atoms with Crippen molar-refractivity contribution in [3.8, 4) is 11.5 Å². The zero-order valence-corrected chi connectivity index (χ0v) is 14.0. The average molecular weight is 376 g/mol. The average Bonchev–Trinajstić information content (AvgIpc) is 2.65. The Morgan fingerprint density at radius 2 is 1.81 bits per heavy atom.